The molecule has 0 aliphatic heterocycles. The van der Waals surface area contributed by atoms with Gasteiger partial charge in [-0.05, 0) is 50.9 Å². The lowest BCUT2D eigenvalue weighted by molar-refractivity contribution is 0.528. The van der Waals surface area contributed by atoms with E-state index in [9.17, 15) is 0 Å². The third-order valence-corrected chi connectivity index (χ3v) is 4.11. The smallest absolute Gasteiger partial charge is 0.0169 e. The number of unbranched alkanes of at least 4 members (excludes halogenated alkanes) is 6. The molecule has 0 aromatic rings. The molecule has 0 heteroatoms. The second kappa shape index (κ2) is 20.0. The first kappa shape index (κ1) is 23.0. The zero-order valence-electron chi connectivity index (χ0n) is 16.7. The molecule has 138 valence electrons. The van der Waals surface area contributed by atoms with Gasteiger partial charge in [-0.3, -0.25) is 0 Å². The summed E-state index contributed by atoms with van der Waals surface area (Å²) in [5.74, 6) is 0.863. The van der Waals surface area contributed by atoms with Crippen LogP contribution in [0.15, 0.2) is 48.6 Å². The van der Waals surface area contributed by atoms with Gasteiger partial charge in [0.1, 0.15) is 0 Å². The SMILES string of the molecule is CCCCC/C=C\C/C=C\C/C=C\C/C=C\CCCCCC(C)C. The Morgan fingerprint density at radius 1 is 0.542 bits per heavy atom. The number of hydrogen-bond acceptors (Lipinski definition) is 0. The van der Waals surface area contributed by atoms with Gasteiger partial charge in [0, 0.05) is 0 Å². The molecule has 0 atom stereocenters. The van der Waals surface area contributed by atoms with Gasteiger partial charge in [-0.25, -0.2) is 0 Å². The van der Waals surface area contributed by atoms with E-state index in [1.54, 1.807) is 0 Å². The van der Waals surface area contributed by atoms with Gasteiger partial charge in [0.05, 0.1) is 0 Å². The van der Waals surface area contributed by atoms with Gasteiger partial charge in [-0.1, -0.05) is 101 Å². The van der Waals surface area contributed by atoms with Crippen LogP contribution in [0.3, 0.4) is 0 Å². The van der Waals surface area contributed by atoms with Crippen LogP contribution >= 0.6 is 0 Å². The van der Waals surface area contributed by atoms with E-state index in [2.05, 4.69) is 69.4 Å². The lowest BCUT2D eigenvalue weighted by Crippen LogP contribution is -1.86. The van der Waals surface area contributed by atoms with E-state index in [4.69, 9.17) is 0 Å². The predicted molar refractivity (Wildman–Crippen MR) is 112 cm³/mol. The highest BCUT2D eigenvalue weighted by Crippen LogP contribution is 2.09. The van der Waals surface area contributed by atoms with Crippen LogP contribution in [-0.4, -0.2) is 0 Å². The molecular formula is C24H42. The molecule has 0 saturated heterocycles. The van der Waals surface area contributed by atoms with E-state index < -0.39 is 0 Å². The Morgan fingerprint density at radius 3 is 1.46 bits per heavy atom. The Bertz CT molecular complexity index is 341. The Labute approximate surface area is 152 Å². The molecule has 0 fully saturated rings. The number of rotatable bonds is 16. The minimum Gasteiger partial charge on any atom is -0.0882 e. The Morgan fingerprint density at radius 2 is 1.00 bits per heavy atom. The second-order valence-corrected chi connectivity index (χ2v) is 7.12. The minimum atomic E-state index is 0.863. The zero-order valence-corrected chi connectivity index (χ0v) is 16.7. The summed E-state index contributed by atoms with van der Waals surface area (Å²) in [6.45, 7) is 6.88. The van der Waals surface area contributed by atoms with Gasteiger partial charge in [0.25, 0.3) is 0 Å². The Kier molecular flexibility index (Phi) is 19.1. The van der Waals surface area contributed by atoms with Crippen molar-refractivity contribution in [2.75, 3.05) is 0 Å². The molecule has 0 aromatic heterocycles. The lowest BCUT2D eigenvalue weighted by atomic mass is 10.0. The van der Waals surface area contributed by atoms with Crippen molar-refractivity contribution < 1.29 is 0 Å². The zero-order chi connectivity index (χ0) is 17.7. The average molecular weight is 331 g/mol. The van der Waals surface area contributed by atoms with Crippen molar-refractivity contribution in [3.8, 4) is 0 Å². The van der Waals surface area contributed by atoms with Crippen molar-refractivity contribution in [2.45, 2.75) is 97.8 Å². The fourth-order valence-corrected chi connectivity index (χ4v) is 2.55. The summed E-state index contributed by atoms with van der Waals surface area (Å²) < 4.78 is 0. The third kappa shape index (κ3) is 21.0. The van der Waals surface area contributed by atoms with Crippen LogP contribution in [-0.2, 0) is 0 Å². The summed E-state index contributed by atoms with van der Waals surface area (Å²) in [5.41, 5.74) is 0. The van der Waals surface area contributed by atoms with E-state index in [1.807, 2.05) is 0 Å². The van der Waals surface area contributed by atoms with Crippen molar-refractivity contribution >= 4 is 0 Å². The van der Waals surface area contributed by atoms with E-state index in [-0.39, 0.29) is 0 Å². The van der Waals surface area contributed by atoms with E-state index in [0.717, 1.165) is 25.2 Å². The van der Waals surface area contributed by atoms with E-state index in [0.29, 0.717) is 0 Å². The highest BCUT2D eigenvalue weighted by atomic mass is 14.0. The van der Waals surface area contributed by atoms with Gasteiger partial charge >= 0.3 is 0 Å². The minimum absolute atomic E-state index is 0.863. The summed E-state index contributed by atoms with van der Waals surface area (Å²) in [6, 6.07) is 0. The molecular weight excluding hydrogens is 288 g/mol. The highest BCUT2D eigenvalue weighted by molar-refractivity contribution is 4.99. The molecule has 0 amide bonds. The van der Waals surface area contributed by atoms with Gasteiger partial charge < -0.3 is 0 Å². The molecule has 24 heavy (non-hydrogen) atoms. The molecule has 0 heterocycles. The van der Waals surface area contributed by atoms with Crippen LogP contribution in [0.1, 0.15) is 97.8 Å². The summed E-state index contributed by atoms with van der Waals surface area (Å²) in [4.78, 5) is 0. The summed E-state index contributed by atoms with van der Waals surface area (Å²) in [6.07, 6.45) is 33.6. The average Bonchev–Trinajstić information content (AvgIpc) is 2.56. The molecule has 0 nitrogen and oxygen atoms in total. The normalized spacial score (nSPS) is 12.8. The maximum absolute atomic E-state index is 2.35. The first-order valence-corrected chi connectivity index (χ1v) is 10.4. The molecule has 0 saturated carbocycles. The van der Waals surface area contributed by atoms with Crippen LogP contribution in [0.5, 0.6) is 0 Å². The first-order chi connectivity index (χ1) is 11.8. The molecule has 0 spiro atoms. The largest absolute Gasteiger partial charge is 0.0882 e. The van der Waals surface area contributed by atoms with Gasteiger partial charge in [0.2, 0.25) is 0 Å². The maximum atomic E-state index is 2.35. The van der Waals surface area contributed by atoms with Crippen molar-refractivity contribution in [3.63, 3.8) is 0 Å². The highest BCUT2D eigenvalue weighted by Gasteiger charge is 1.92. The maximum Gasteiger partial charge on any atom is -0.0169 e. The van der Waals surface area contributed by atoms with Crippen molar-refractivity contribution in [1.82, 2.24) is 0 Å². The van der Waals surface area contributed by atoms with Crippen molar-refractivity contribution in [1.29, 1.82) is 0 Å². The molecule has 0 aliphatic carbocycles. The Balaban J connectivity index is 3.36. The first-order valence-electron chi connectivity index (χ1n) is 10.4. The molecule has 0 radical (unpaired) electrons. The molecule has 0 unspecified atom stereocenters. The fourth-order valence-electron chi connectivity index (χ4n) is 2.55. The molecule has 0 N–H and O–H groups in total. The molecule has 0 rings (SSSR count). The van der Waals surface area contributed by atoms with Crippen LogP contribution in [0.2, 0.25) is 0 Å². The third-order valence-electron chi connectivity index (χ3n) is 4.11. The van der Waals surface area contributed by atoms with E-state index >= 15 is 0 Å². The summed E-state index contributed by atoms with van der Waals surface area (Å²) in [7, 11) is 0. The summed E-state index contributed by atoms with van der Waals surface area (Å²) in [5, 5.41) is 0. The lowest BCUT2D eigenvalue weighted by Gasteiger charge is -2.02. The molecule has 0 aliphatic rings. The quantitative estimate of drug-likeness (QED) is 0.196. The topological polar surface area (TPSA) is 0 Å². The predicted octanol–water partition coefficient (Wildman–Crippen LogP) is 8.57. The van der Waals surface area contributed by atoms with Gasteiger partial charge in [0.15, 0.2) is 0 Å². The van der Waals surface area contributed by atoms with Crippen LogP contribution in [0, 0.1) is 5.92 Å². The monoisotopic (exact) mass is 330 g/mol. The Hall–Kier alpha value is -1.04. The number of allylic oxidation sites excluding steroid dienone is 8. The van der Waals surface area contributed by atoms with Crippen LogP contribution < -0.4 is 0 Å². The standard InChI is InChI=1S/C24H42/c1-4-5-6-7-8-9-10-11-12-13-14-15-16-17-18-19-20-21-22-23-24(2)3/h8-9,11-12,14-15,17-18,24H,4-7,10,13,16,19-23H2,1-3H3/b9-8-,12-11-,15-14-,18-17-. The molecule has 0 bridgehead atoms. The van der Waals surface area contributed by atoms with Crippen LogP contribution in [0.25, 0.3) is 0 Å². The van der Waals surface area contributed by atoms with Crippen molar-refractivity contribution in [3.05, 3.63) is 48.6 Å². The van der Waals surface area contributed by atoms with Crippen molar-refractivity contribution in [2.24, 2.45) is 5.92 Å². The van der Waals surface area contributed by atoms with Crippen LogP contribution in [0.4, 0.5) is 0 Å². The van der Waals surface area contributed by atoms with E-state index in [1.165, 1.54) is 57.8 Å². The van der Waals surface area contributed by atoms with Gasteiger partial charge in [-0.15, -0.1) is 0 Å². The summed E-state index contributed by atoms with van der Waals surface area (Å²) >= 11 is 0. The second-order valence-electron chi connectivity index (χ2n) is 7.12. The fraction of sp³-hybridized carbons (Fsp3) is 0.667. The molecule has 0 aromatic carbocycles. The number of hydrogen-bond donors (Lipinski definition) is 0. The van der Waals surface area contributed by atoms with Gasteiger partial charge in [-0.2, -0.15) is 0 Å².